The van der Waals surface area contributed by atoms with Crippen LogP contribution in [0.5, 0.6) is 5.75 Å². The van der Waals surface area contributed by atoms with Gasteiger partial charge in [-0.1, -0.05) is 6.92 Å². The van der Waals surface area contributed by atoms with E-state index in [4.69, 9.17) is 13.9 Å². The third-order valence-corrected chi connectivity index (χ3v) is 4.80. The van der Waals surface area contributed by atoms with Crippen molar-refractivity contribution in [3.63, 3.8) is 0 Å². The molecule has 2 aromatic rings. The van der Waals surface area contributed by atoms with Gasteiger partial charge < -0.3 is 23.9 Å². The van der Waals surface area contributed by atoms with Crippen molar-refractivity contribution < 1.29 is 28.6 Å². The van der Waals surface area contributed by atoms with Crippen molar-refractivity contribution in [3.05, 3.63) is 59.1 Å². The molecular weight excluding hydrogens is 374 g/mol. The Hall–Kier alpha value is -3.06. The van der Waals surface area contributed by atoms with Crippen LogP contribution >= 0.6 is 0 Å². The standard InChI is InChI=1S/C22H25NO6/c1-4-10-28-16-8-7-15(13-14(16)2)20(24)18-19(17-6-5-11-29-17)23(9-12-27-3)22(26)21(18)25/h5-8,11,13,19,24H,4,9-10,12H2,1-3H3/b20-18-. The maximum atomic E-state index is 12.8. The maximum Gasteiger partial charge on any atom is 0.295 e. The van der Waals surface area contributed by atoms with Gasteiger partial charge in [0.15, 0.2) is 0 Å². The zero-order valence-corrected chi connectivity index (χ0v) is 16.8. The predicted molar refractivity (Wildman–Crippen MR) is 107 cm³/mol. The molecule has 1 amide bonds. The number of methoxy groups -OCH3 is 1. The van der Waals surface area contributed by atoms with Crippen molar-refractivity contribution >= 4 is 17.4 Å². The third-order valence-electron chi connectivity index (χ3n) is 4.80. The van der Waals surface area contributed by atoms with Crippen molar-refractivity contribution in [2.75, 3.05) is 26.9 Å². The molecule has 1 aromatic carbocycles. The van der Waals surface area contributed by atoms with Gasteiger partial charge >= 0.3 is 0 Å². The Morgan fingerprint density at radius 1 is 1.24 bits per heavy atom. The van der Waals surface area contributed by atoms with E-state index in [9.17, 15) is 14.7 Å². The number of ketones is 1. The van der Waals surface area contributed by atoms with Crippen LogP contribution in [-0.2, 0) is 14.3 Å². The van der Waals surface area contributed by atoms with Gasteiger partial charge in [-0.3, -0.25) is 9.59 Å². The second-order valence-corrected chi connectivity index (χ2v) is 6.83. The number of aliphatic hydroxyl groups is 1. The number of amides is 1. The first kappa shape index (κ1) is 20.7. The van der Waals surface area contributed by atoms with E-state index >= 15 is 0 Å². The number of likely N-dealkylation sites (tertiary alicyclic amines) is 1. The van der Waals surface area contributed by atoms with Crippen LogP contribution in [0.1, 0.15) is 36.3 Å². The molecule has 7 nitrogen and oxygen atoms in total. The van der Waals surface area contributed by atoms with E-state index in [0.717, 1.165) is 12.0 Å². The SMILES string of the molecule is CCCOc1ccc(/C(O)=C2/C(=O)C(=O)N(CCOC)C2c2ccco2)cc1C. The fourth-order valence-electron chi connectivity index (χ4n) is 3.37. The van der Waals surface area contributed by atoms with Gasteiger partial charge in [-0.25, -0.2) is 0 Å². The van der Waals surface area contributed by atoms with Crippen LogP contribution < -0.4 is 4.74 Å². The molecule has 0 spiro atoms. The first-order valence-electron chi connectivity index (χ1n) is 9.54. The van der Waals surface area contributed by atoms with Gasteiger partial charge in [-0.05, 0) is 49.2 Å². The van der Waals surface area contributed by atoms with Crippen LogP contribution in [0.25, 0.3) is 5.76 Å². The Balaban J connectivity index is 2.05. The lowest BCUT2D eigenvalue weighted by atomic mass is 9.98. The summed E-state index contributed by atoms with van der Waals surface area (Å²) in [5.74, 6) is -0.559. The van der Waals surface area contributed by atoms with E-state index < -0.39 is 17.7 Å². The number of Topliss-reactive ketones (excluding diaryl/α,β-unsaturated/α-hetero) is 1. The number of aryl methyl sites for hydroxylation is 1. The summed E-state index contributed by atoms with van der Waals surface area (Å²) in [6.45, 7) is 4.93. The van der Waals surface area contributed by atoms with Crippen molar-refractivity contribution in [2.24, 2.45) is 0 Å². The second-order valence-electron chi connectivity index (χ2n) is 6.83. The molecule has 154 valence electrons. The van der Waals surface area contributed by atoms with E-state index in [2.05, 4.69) is 0 Å². The molecule has 0 radical (unpaired) electrons. The van der Waals surface area contributed by atoms with Gasteiger partial charge in [-0.2, -0.15) is 0 Å². The number of aliphatic hydroxyl groups excluding tert-OH is 1. The summed E-state index contributed by atoms with van der Waals surface area (Å²) in [6, 6.07) is 7.71. The number of carbonyl (C=O) groups is 2. The monoisotopic (exact) mass is 399 g/mol. The number of hydrogen-bond acceptors (Lipinski definition) is 6. The predicted octanol–water partition coefficient (Wildman–Crippen LogP) is 3.44. The highest BCUT2D eigenvalue weighted by Gasteiger charge is 2.47. The molecule has 1 unspecified atom stereocenters. The molecule has 1 aromatic heterocycles. The summed E-state index contributed by atoms with van der Waals surface area (Å²) in [4.78, 5) is 26.8. The summed E-state index contributed by atoms with van der Waals surface area (Å²) >= 11 is 0. The molecule has 2 heterocycles. The quantitative estimate of drug-likeness (QED) is 0.415. The summed E-state index contributed by atoms with van der Waals surface area (Å²) in [7, 11) is 1.52. The molecule has 1 aliphatic rings. The van der Waals surface area contributed by atoms with E-state index in [1.807, 2.05) is 13.8 Å². The van der Waals surface area contributed by atoms with E-state index in [1.54, 1.807) is 30.3 Å². The minimum atomic E-state index is -0.809. The smallest absolute Gasteiger partial charge is 0.295 e. The molecule has 3 rings (SSSR count). The highest BCUT2D eigenvalue weighted by molar-refractivity contribution is 6.46. The number of benzene rings is 1. The Kier molecular flexibility index (Phi) is 6.39. The Morgan fingerprint density at radius 2 is 2.03 bits per heavy atom. The Labute approximate surface area is 169 Å². The zero-order chi connectivity index (χ0) is 21.0. The molecule has 0 saturated carbocycles. The van der Waals surface area contributed by atoms with Crippen LogP contribution in [-0.4, -0.2) is 48.6 Å². The van der Waals surface area contributed by atoms with Gasteiger partial charge in [0.25, 0.3) is 11.7 Å². The van der Waals surface area contributed by atoms with Crippen LogP contribution in [0.3, 0.4) is 0 Å². The van der Waals surface area contributed by atoms with E-state index in [1.165, 1.54) is 18.3 Å². The second kappa shape index (κ2) is 8.96. The molecule has 1 saturated heterocycles. The summed E-state index contributed by atoms with van der Waals surface area (Å²) in [5, 5.41) is 11.0. The van der Waals surface area contributed by atoms with Crippen molar-refractivity contribution in [1.82, 2.24) is 4.90 Å². The molecular formula is C22H25NO6. The van der Waals surface area contributed by atoms with Crippen molar-refractivity contribution in [3.8, 4) is 5.75 Å². The normalized spacial score (nSPS) is 18.4. The van der Waals surface area contributed by atoms with E-state index in [0.29, 0.717) is 23.7 Å². The highest BCUT2D eigenvalue weighted by atomic mass is 16.5. The number of furan rings is 1. The zero-order valence-electron chi connectivity index (χ0n) is 16.8. The number of ether oxygens (including phenoxy) is 2. The van der Waals surface area contributed by atoms with Crippen molar-refractivity contribution in [2.45, 2.75) is 26.3 Å². The highest BCUT2D eigenvalue weighted by Crippen LogP contribution is 2.39. The van der Waals surface area contributed by atoms with Crippen LogP contribution in [0.15, 0.2) is 46.6 Å². The van der Waals surface area contributed by atoms with Gasteiger partial charge in [0.2, 0.25) is 0 Å². The first-order valence-corrected chi connectivity index (χ1v) is 9.54. The third kappa shape index (κ3) is 4.05. The lowest BCUT2D eigenvalue weighted by Gasteiger charge is -2.22. The molecule has 1 N–H and O–H groups in total. The Morgan fingerprint density at radius 3 is 2.66 bits per heavy atom. The molecule has 1 aliphatic heterocycles. The molecule has 1 atom stereocenters. The first-order chi connectivity index (χ1) is 14.0. The summed E-state index contributed by atoms with van der Waals surface area (Å²) < 4.78 is 16.2. The average molecular weight is 399 g/mol. The molecule has 0 bridgehead atoms. The minimum Gasteiger partial charge on any atom is -0.507 e. The number of rotatable bonds is 8. The lowest BCUT2D eigenvalue weighted by Crippen LogP contribution is -2.32. The van der Waals surface area contributed by atoms with Crippen molar-refractivity contribution in [1.29, 1.82) is 0 Å². The number of carbonyl (C=O) groups excluding carboxylic acids is 2. The lowest BCUT2D eigenvalue weighted by molar-refractivity contribution is -0.140. The fourth-order valence-corrected chi connectivity index (χ4v) is 3.37. The van der Waals surface area contributed by atoms with Gasteiger partial charge in [0.1, 0.15) is 23.3 Å². The van der Waals surface area contributed by atoms with Gasteiger partial charge in [0, 0.05) is 19.2 Å². The van der Waals surface area contributed by atoms with E-state index in [-0.39, 0.29) is 24.5 Å². The fraction of sp³-hybridized carbons (Fsp3) is 0.364. The van der Waals surface area contributed by atoms with Gasteiger partial charge in [-0.15, -0.1) is 0 Å². The summed E-state index contributed by atoms with van der Waals surface area (Å²) in [6.07, 6.45) is 2.35. The van der Waals surface area contributed by atoms with Crippen LogP contribution in [0, 0.1) is 6.92 Å². The molecule has 29 heavy (non-hydrogen) atoms. The molecule has 7 heteroatoms. The number of hydrogen-bond donors (Lipinski definition) is 1. The molecule has 0 aliphatic carbocycles. The topological polar surface area (TPSA) is 89.2 Å². The largest absolute Gasteiger partial charge is 0.507 e. The Bertz CT molecular complexity index is 915. The average Bonchev–Trinajstić information content (AvgIpc) is 3.32. The van der Waals surface area contributed by atoms with Crippen LogP contribution in [0.4, 0.5) is 0 Å². The maximum absolute atomic E-state index is 12.8. The van der Waals surface area contributed by atoms with Gasteiger partial charge in [0.05, 0.1) is 25.1 Å². The molecule has 1 fully saturated rings. The summed E-state index contributed by atoms with van der Waals surface area (Å²) in [5.41, 5.74) is 1.26. The van der Waals surface area contributed by atoms with Crippen LogP contribution in [0.2, 0.25) is 0 Å². The minimum absolute atomic E-state index is 0.00248. The number of nitrogens with zero attached hydrogens (tertiary/aromatic N) is 1.